The molecular formula is C23H22N6O3. The second-order valence-corrected chi connectivity index (χ2v) is 7.81. The van der Waals surface area contributed by atoms with Gasteiger partial charge in [0.1, 0.15) is 11.6 Å². The van der Waals surface area contributed by atoms with Gasteiger partial charge in [0.15, 0.2) is 0 Å². The first-order valence-corrected chi connectivity index (χ1v) is 10.3. The summed E-state index contributed by atoms with van der Waals surface area (Å²) >= 11 is 0. The van der Waals surface area contributed by atoms with E-state index in [0.29, 0.717) is 22.5 Å². The highest BCUT2D eigenvalue weighted by Crippen LogP contribution is 2.30. The molecule has 9 heteroatoms. The van der Waals surface area contributed by atoms with Crippen LogP contribution < -0.4 is 15.5 Å². The molecule has 2 aliphatic heterocycles. The molecule has 0 radical (unpaired) electrons. The fraction of sp³-hybridized carbons (Fsp3) is 0.217. The molecule has 1 fully saturated rings. The van der Waals surface area contributed by atoms with Gasteiger partial charge in [-0.25, -0.2) is 9.97 Å². The molecule has 9 nitrogen and oxygen atoms in total. The quantitative estimate of drug-likeness (QED) is 0.480. The summed E-state index contributed by atoms with van der Waals surface area (Å²) in [6.07, 6.45) is 8.11. The van der Waals surface area contributed by atoms with Crippen molar-refractivity contribution in [1.29, 1.82) is 0 Å². The Morgan fingerprint density at radius 2 is 1.84 bits per heavy atom. The van der Waals surface area contributed by atoms with E-state index in [1.54, 1.807) is 37.2 Å². The lowest BCUT2D eigenvalue weighted by molar-refractivity contribution is -0.114. The van der Waals surface area contributed by atoms with E-state index in [-0.39, 0.29) is 0 Å². The third-order valence-electron chi connectivity index (χ3n) is 5.71. The van der Waals surface area contributed by atoms with Crippen LogP contribution in [0.4, 0.5) is 11.6 Å². The van der Waals surface area contributed by atoms with Crippen molar-refractivity contribution in [2.24, 2.45) is 0 Å². The number of nitrogens with zero attached hydrogens (tertiary/aromatic N) is 4. The number of amides is 2. The zero-order chi connectivity index (χ0) is 22.1. The Kier molecular flexibility index (Phi) is 5.16. The van der Waals surface area contributed by atoms with Gasteiger partial charge in [-0.05, 0) is 30.8 Å². The molecule has 2 aromatic heterocycles. The van der Waals surface area contributed by atoms with E-state index < -0.39 is 11.8 Å². The first kappa shape index (κ1) is 20.0. The first-order valence-electron chi connectivity index (χ1n) is 10.3. The van der Waals surface area contributed by atoms with Crippen LogP contribution in [0.25, 0.3) is 16.7 Å². The number of hydrogen-bond acceptors (Lipinski definition) is 8. The van der Waals surface area contributed by atoms with Crippen molar-refractivity contribution < 1.29 is 14.0 Å². The SMILES string of the molecule is CN1CCN(c2cnc(NC=C3C(=O)NC(=O)c4ccc(-c5ccoc5)cc43)cn2)CC1. The molecule has 1 saturated heterocycles. The monoisotopic (exact) mass is 430 g/mol. The van der Waals surface area contributed by atoms with Crippen LogP contribution in [0.15, 0.2) is 59.8 Å². The second-order valence-electron chi connectivity index (χ2n) is 7.81. The number of imide groups is 1. The fourth-order valence-corrected chi connectivity index (χ4v) is 3.82. The van der Waals surface area contributed by atoms with Gasteiger partial charge in [0.2, 0.25) is 0 Å². The lowest BCUT2D eigenvalue weighted by Gasteiger charge is -2.32. The Bertz CT molecular complexity index is 1180. The van der Waals surface area contributed by atoms with E-state index in [1.165, 1.54) is 0 Å². The Morgan fingerprint density at radius 3 is 2.56 bits per heavy atom. The average Bonchev–Trinajstić information content (AvgIpc) is 3.35. The molecule has 0 saturated carbocycles. The van der Waals surface area contributed by atoms with Crippen LogP contribution in [0, 0.1) is 0 Å². The molecule has 0 spiro atoms. The summed E-state index contributed by atoms with van der Waals surface area (Å²) in [6.45, 7) is 3.79. The van der Waals surface area contributed by atoms with Crippen LogP contribution in [0.1, 0.15) is 15.9 Å². The molecule has 0 atom stereocenters. The smallest absolute Gasteiger partial charge is 0.260 e. The van der Waals surface area contributed by atoms with Crippen molar-refractivity contribution in [3.8, 4) is 11.1 Å². The molecule has 0 bridgehead atoms. The normalized spacial score (nSPS) is 17.9. The van der Waals surface area contributed by atoms with Gasteiger partial charge in [-0.3, -0.25) is 14.9 Å². The van der Waals surface area contributed by atoms with Crippen molar-refractivity contribution >= 4 is 29.0 Å². The van der Waals surface area contributed by atoms with Gasteiger partial charge in [-0.1, -0.05) is 6.07 Å². The minimum Gasteiger partial charge on any atom is -0.472 e. The highest BCUT2D eigenvalue weighted by Gasteiger charge is 2.27. The molecule has 5 rings (SSSR count). The zero-order valence-corrected chi connectivity index (χ0v) is 17.5. The van der Waals surface area contributed by atoms with Crippen LogP contribution in [-0.2, 0) is 4.79 Å². The van der Waals surface area contributed by atoms with Crippen LogP contribution in [-0.4, -0.2) is 59.9 Å². The van der Waals surface area contributed by atoms with Gasteiger partial charge >= 0.3 is 0 Å². The number of hydrogen-bond donors (Lipinski definition) is 2. The number of aromatic nitrogens is 2. The predicted octanol–water partition coefficient (Wildman–Crippen LogP) is 2.21. The third kappa shape index (κ3) is 3.85. The third-order valence-corrected chi connectivity index (χ3v) is 5.71. The Balaban J connectivity index is 1.39. The number of carbonyl (C=O) groups excluding carboxylic acids is 2. The van der Waals surface area contributed by atoms with Crippen molar-refractivity contribution in [2.45, 2.75) is 0 Å². The minimum absolute atomic E-state index is 0.342. The molecule has 0 unspecified atom stereocenters. The van der Waals surface area contributed by atoms with Crippen molar-refractivity contribution in [3.05, 3.63) is 66.5 Å². The highest BCUT2D eigenvalue weighted by molar-refractivity contribution is 6.31. The van der Waals surface area contributed by atoms with Crippen LogP contribution in [0.3, 0.4) is 0 Å². The Labute approximate surface area is 184 Å². The minimum atomic E-state index is -0.471. The molecule has 1 aromatic carbocycles. The summed E-state index contributed by atoms with van der Waals surface area (Å²) in [5, 5.41) is 5.42. The summed E-state index contributed by atoms with van der Waals surface area (Å²) in [5.74, 6) is 0.443. The van der Waals surface area contributed by atoms with Gasteiger partial charge in [0.05, 0.1) is 30.5 Å². The van der Waals surface area contributed by atoms with E-state index in [1.807, 2.05) is 18.2 Å². The van der Waals surface area contributed by atoms with E-state index in [4.69, 9.17) is 4.42 Å². The summed E-state index contributed by atoms with van der Waals surface area (Å²) < 4.78 is 5.15. The molecule has 4 heterocycles. The Hall–Kier alpha value is -3.98. The predicted molar refractivity (Wildman–Crippen MR) is 120 cm³/mol. The lowest BCUT2D eigenvalue weighted by Crippen LogP contribution is -2.44. The summed E-state index contributed by atoms with van der Waals surface area (Å²) in [5.41, 5.74) is 3.04. The van der Waals surface area contributed by atoms with E-state index in [2.05, 4.69) is 37.4 Å². The maximum atomic E-state index is 12.6. The summed E-state index contributed by atoms with van der Waals surface area (Å²) in [6, 6.07) is 7.17. The molecule has 2 aliphatic rings. The maximum absolute atomic E-state index is 12.6. The van der Waals surface area contributed by atoms with Crippen molar-refractivity contribution in [2.75, 3.05) is 43.4 Å². The summed E-state index contributed by atoms with van der Waals surface area (Å²) in [4.78, 5) is 38.3. The fourth-order valence-electron chi connectivity index (χ4n) is 3.82. The molecule has 162 valence electrons. The molecule has 3 aromatic rings. The number of likely N-dealkylation sites (N-methyl/N-ethyl adjacent to an activating group) is 1. The van der Waals surface area contributed by atoms with Gasteiger partial charge < -0.3 is 19.5 Å². The van der Waals surface area contributed by atoms with Crippen LogP contribution in [0.2, 0.25) is 0 Å². The van der Waals surface area contributed by atoms with Crippen molar-refractivity contribution in [1.82, 2.24) is 20.2 Å². The number of carbonyl (C=O) groups is 2. The van der Waals surface area contributed by atoms with Gasteiger partial charge in [-0.2, -0.15) is 0 Å². The molecule has 2 N–H and O–H groups in total. The molecular weight excluding hydrogens is 408 g/mol. The molecule has 32 heavy (non-hydrogen) atoms. The average molecular weight is 430 g/mol. The van der Waals surface area contributed by atoms with Gasteiger partial charge in [-0.15, -0.1) is 0 Å². The zero-order valence-electron chi connectivity index (χ0n) is 17.5. The number of nitrogens with one attached hydrogen (secondary N) is 2. The van der Waals surface area contributed by atoms with Gasteiger partial charge in [0, 0.05) is 49.1 Å². The second kappa shape index (κ2) is 8.27. The number of piperazine rings is 1. The van der Waals surface area contributed by atoms with Crippen LogP contribution >= 0.6 is 0 Å². The van der Waals surface area contributed by atoms with E-state index in [9.17, 15) is 9.59 Å². The maximum Gasteiger partial charge on any atom is 0.260 e. The number of rotatable bonds is 4. The number of furan rings is 1. The standard InChI is InChI=1S/C23H22N6O3/c1-28-5-7-29(8-6-28)21-13-25-20(12-26-21)24-11-19-18-10-15(16-4-9-32-14-16)2-3-17(18)22(30)27-23(19)31/h2-4,9-14H,5-8H2,1H3,(H,24,25)(H,27,30,31). The van der Waals surface area contributed by atoms with E-state index >= 15 is 0 Å². The molecule has 0 aliphatic carbocycles. The lowest BCUT2D eigenvalue weighted by atomic mass is 9.92. The van der Waals surface area contributed by atoms with Gasteiger partial charge in [0.25, 0.3) is 11.8 Å². The topological polar surface area (TPSA) is 104 Å². The number of fused-ring (bicyclic) bond motifs is 1. The van der Waals surface area contributed by atoms with Crippen LogP contribution in [0.5, 0.6) is 0 Å². The number of anilines is 2. The summed E-state index contributed by atoms with van der Waals surface area (Å²) in [7, 11) is 2.11. The largest absolute Gasteiger partial charge is 0.472 e. The van der Waals surface area contributed by atoms with E-state index in [0.717, 1.165) is 43.1 Å². The number of benzene rings is 1. The molecule has 2 amide bonds. The highest BCUT2D eigenvalue weighted by atomic mass is 16.3. The van der Waals surface area contributed by atoms with Crippen molar-refractivity contribution in [3.63, 3.8) is 0 Å². The first-order chi connectivity index (χ1) is 15.6. The Morgan fingerprint density at radius 1 is 1.00 bits per heavy atom.